The van der Waals surface area contributed by atoms with Crippen LogP contribution < -0.4 is 0 Å². The molecule has 6 heteroatoms. The number of hydrogen-bond donors (Lipinski definition) is 1. The normalized spacial score (nSPS) is 17.5. The number of aliphatic hydroxyl groups is 1. The molecule has 0 spiro atoms. The topological polar surface area (TPSA) is 31.6 Å². The van der Waals surface area contributed by atoms with Crippen molar-refractivity contribution in [2.45, 2.75) is 12.1 Å². The van der Waals surface area contributed by atoms with E-state index in [0.29, 0.717) is 6.54 Å². The Morgan fingerprint density at radius 2 is 1.50 bits per heavy atom. The Morgan fingerprint density at radius 1 is 0.857 bits per heavy atom. The number of halogens is 2. The molecular weight excluding hydrogens is 393 g/mol. The van der Waals surface area contributed by atoms with Crippen molar-refractivity contribution in [3.05, 3.63) is 72.4 Å². The van der Waals surface area contributed by atoms with Crippen LogP contribution in [0.1, 0.15) is 11.6 Å². The molecule has 0 amide bonds. The Bertz CT molecular complexity index is 847. The number of fused-ring (bicyclic) bond motifs is 1. The zero-order valence-corrected chi connectivity index (χ0v) is 17.8. The Kier molecular flexibility index (Phi) is 8.35. The van der Waals surface area contributed by atoms with Crippen LogP contribution in [0.5, 0.6) is 0 Å². The average Bonchev–Trinajstić information content (AvgIpc) is 3.09. The number of para-hydroxylation sites is 1. The molecule has 152 valence electrons. The van der Waals surface area contributed by atoms with E-state index >= 15 is 0 Å². The summed E-state index contributed by atoms with van der Waals surface area (Å²) in [6.45, 7) is 4.85. The highest BCUT2D eigenvalue weighted by atomic mass is 35.5. The van der Waals surface area contributed by atoms with Crippen molar-refractivity contribution in [3.63, 3.8) is 0 Å². The minimum absolute atomic E-state index is 0. The van der Waals surface area contributed by atoms with Gasteiger partial charge in [-0.3, -0.25) is 4.90 Å². The maximum Gasteiger partial charge on any atom is 0.0915 e. The van der Waals surface area contributed by atoms with Gasteiger partial charge < -0.3 is 14.6 Å². The van der Waals surface area contributed by atoms with Crippen molar-refractivity contribution in [1.29, 1.82) is 0 Å². The Morgan fingerprint density at radius 3 is 2.21 bits per heavy atom. The zero-order chi connectivity index (χ0) is 17.9. The van der Waals surface area contributed by atoms with E-state index in [1.165, 1.54) is 10.9 Å². The first kappa shape index (κ1) is 22.7. The van der Waals surface area contributed by atoms with Gasteiger partial charge in [0.25, 0.3) is 0 Å². The summed E-state index contributed by atoms with van der Waals surface area (Å²) in [6.07, 6.45) is 1.65. The average molecular weight is 422 g/mol. The molecule has 1 aliphatic heterocycles. The molecule has 28 heavy (non-hydrogen) atoms. The van der Waals surface area contributed by atoms with Crippen LogP contribution in [-0.2, 0) is 0 Å². The van der Waals surface area contributed by atoms with Gasteiger partial charge in [0.2, 0.25) is 0 Å². The van der Waals surface area contributed by atoms with Gasteiger partial charge >= 0.3 is 0 Å². The maximum atomic E-state index is 11.2. The van der Waals surface area contributed by atoms with E-state index in [0.717, 1.165) is 31.7 Å². The molecule has 4 rings (SSSR count). The van der Waals surface area contributed by atoms with E-state index in [-0.39, 0.29) is 30.9 Å². The van der Waals surface area contributed by atoms with E-state index < -0.39 is 6.10 Å². The molecule has 2 atom stereocenters. The zero-order valence-electron chi connectivity index (χ0n) is 16.1. The molecule has 1 N–H and O–H groups in total. The van der Waals surface area contributed by atoms with Crippen molar-refractivity contribution >= 4 is 35.7 Å². The highest BCUT2D eigenvalue weighted by Crippen LogP contribution is 2.28. The second-order valence-electron chi connectivity index (χ2n) is 7.31. The molecule has 2 heterocycles. The van der Waals surface area contributed by atoms with Gasteiger partial charge in [0.15, 0.2) is 0 Å². The lowest BCUT2D eigenvalue weighted by Gasteiger charge is -2.36. The maximum absolute atomic E-state index is 11.2. The van der Waals surface area contributed by atoms with Crippen LogP contribution in [0.25, 0.3) is 10.9 Å². The Labute approximate surface area is 179 Å². The lowest BCUT2D eigenvalue weighted by molar-refractivity contribution is 0.0594. The first-order chi connectivity index (χ1) is 12.7. The SMILES string of the molecule is CN1CCN(CC(O)C(c2ccccc2)n2ccc3ccccc32)CC1.Cl.Cl. The molecule has 3 aromatic rings. The summed E-state index contributed by atoms with van der Waals surface area (Å²) in [6, 6.07) is 20.8. The highest BCUT2D eigenvalue weighted by molar-refractivity contribution is 5.85. The van der Waals surface area contributed by atoms with Gasteiger partial charge in [-0.25, -0.2) is 0 Å². The number of aromatic nitrogens is 1. The van der Waals surface area contributed by atoms with Crippen molar-refractivity contribution in [2.24, 2.45) is 0 Å². The van der Waals surface area contributed by atoms with Gasteiger partial charge in [-0.15, -0.1) is 24.8 Å². The number of nitrogens with zero attached hydrogens (tertiary/aromatic N) is 3. The fraction of sp³-hybridized carbons (Fsp3) is 0.364. The number of aliphatic hydroxyl groups excluding tert-OH is 1. The smallest absolute Gasteiger partial charge is 0.0915 e. The van der Waals surface area contributed by atoms with E-state index in [1.807, 2.05) is 6.07 Å². The third kappa shape index (κ3) is 4.88. The Balaban J connectivity index is 0.00000140. The fourth-order valence-corrected chi connectivity index (χ4v) is 3.96. The van der Waals surface area contributed by atoms with Gasteiger partial charge in [0, 0.05) is 44.4 Å². The van der Waals surface area contributed by atoms with E-state index in [1.54, 1.807) is 0 Å². The molecule has 2 aromatic carbocycles. The summed E-state index contributed by atoms with van der Waals surface area (Å²) in [7, 11) is 2.16. The number of rotatable bonds is 5. The van der Waals surface area contributed by atoms with Crippen molar-refractivity contribution in [3.8, 4) is 0 Å². The van der Waals surface area contributed by atoms with Gasteiger partial charge in [0.1, 0.15) is 0 Å². The van der Waals surface area contributed by atoms with Gasteiger partial charge in [-0.05, 0) is 30.1 Å². The minimum Gasteiger partial charge on any atom is -0.389 e. The van der Waals surface area contributed by atoms with E-state index in [9.17, 15) is 5.11 Å². The lowest BCUT2D eigenvalue weighted by atomic mass is 10.00. The largest absolute Gasteiger partial charge is 0.389 e. The molecular formula is C22H29Cl2N3O. The van der Waals surface area contributed by atoms with Gasteiger partial charge in [-0.1, -0.05) is 48.5 Å². The number of likely N-dealkylation sites (N-methyl/N-ethyl adjacent to an activating group) is 1. The lowest BCUT2D eigenvalue weighted by Crippen LogP contribution is -2.48. The van der Waals surface area contributed by atoms with Crippen LogP contribution in [0.2, 0.25) is 0 Å². The minimum atomic E-state index is -0.461. The van der Waals surface area contributed by atoms with Crippen LogP contribution in [0.3, 0.4) is 0 Å². The quantitative estimate of drug-likeness (QED) is 0.681. The molecule has 1 aliphatic rings. The van der Waals surface area contributed by atoms with E-state index in [2.05, 4.69) is 82.2 Å². The van der Waals surface area contributed by atoms with Crippen LogP contribution in [-0.4, -0.2) is 65.3 Å². The molecule has 0 bridgehead atoms. The molecule has 0 saturated carbocycles. The van der Waals surface area contributed by atoms with Crippen LogP contribution in [0, 0.1) is 0 Å². The van der Waals surface area contributed by atoms with Crippen molar-refractivity contribution in [2.75, 3.05) is 39.8 Å². The summed E-state index contributed by atoms with van der Waals surface area (Å²) in [5.74, 6) is 0. The molecule has 0 radical (unpaired) electrons. The molecule has 2 unspecified atom stereocenters. The predicted octanol–water partition coefficient (Wildman–Crippen LogP) is 3.68. The fourth-order valence-electron chi connectivity index (χ4n) is 3.96. The predicted molar refractivity (Wildman–Crippen MR) is 121 cm³/mol. The van der Waals surface area contributed by atoms with Gasteiger partial charge in [0.05, 0.1) is 12.1 Å². The van der Waals surface area contributed by atoms with Crippen molar-refractivity contribution < 1.29 is 5.11 Å². The van der Waals surface area contributed by atoms with Crippen LogP contribution >= 0.6 is 24.8 Å². The summed E-state index contributed by atoms with van der Waals surface area (Å²) >= 11 is 0. The highest BCUT2D eigenvalue weighted by Gasteiger charge is 2.27. The van der Waals surface area contributed by atoms with Crippen molar-refractivity contribution in [1.82, 2.24) is 14.4 Å². The van der Waals surface area contributed by atoms with Crippen LogP contribution in [0.4, 0.5) is 0 Å². The summed E-state index contributed by atoms with van der Waals surface area (Å²) < 4.78 is 2.23. The summed E-state index contributed by atoms with van der Waals surface area (Å²) in [4.78, 5) is 4.73. The second-order valence-corrected chi connectivity index (χ2v) is 7.31. The number of β-amino-alcohol motifs (C(OH)–C–C–N with tert-alkyl or cyclic N) is 1. The second kappa shape index (κ2) is 10.3. The number of benzene rings is 2. The van der Waals surface area contributed by atoms with E-state index in [4.69, 9.17) is 0 Å². The molecule has 0 aliphatic carbocycles. The first-order valence-electron chi connectivity index (χ1n) is 9.42. The third-order valence-electron chi connectivity index (χ3n) is 5.48. The first-order valence-corrected chi connectivity index (χ1v) is 9.42. The third-order valence-corrected chi connectivity index (χ3v) is 5.48. The summed E-state index contributed by atoms with van der Waals surface area (Å²) in [5.41, 5.74) is 2.31. The molecule has 1 aromatic heterocycles. The number of piperazine rings is 1. The Hall–Kier alpha value is -1.56. The standard InChI is InChI=1S/C22H27N3O.2ClH/c1-23-13-15-24(16-14-23)17-21(26)22(19-8-3-2-4-9-19)25-12-11-18-7-5-6-10-20(18)25;;/h2-12,21-22,26H,13-17H2,1H3;2*1H. The molecule has 4 nitrogen and oxygen atoms in total. The monoisotopic (exact) mass is 421 g/mol. The molecule has 1 saturated heterocycles. The van der Waals surface area contributed by atoms with Gasteiger partial charge in [-0.2, -0.15) is 0 Å². The summed E-state index contributed by atoms with van der Waals surface area (Å²) in [5, 5.41) is 12.4. The molecule has 1 fully saturated rings. The van der Waals surface area contributed by atoms with Crippen LogP contribution in [0.15, 0.2) is 66.9 Å². The number of hydrogen-bond acceptors (Lipinski definition) is 3.